The van der Waals surface area contributed by atoms with E-state index in [1.807, 2.05) is 6.92 Å². The SMILES string of the molecule is COCCC(C)NCC(O)c1cccc(C(F)(F)F)c1. The molecule has 0 bridgehead atoms. The molecule has 0 heterocycles. The molecule has 1 aromatic rings. The van der Waals surface area contributed by atoms with Crippen LogP contribution in [0.3, 0.4) is 0 Å². The van der Waals surface area contributed by atoms with Gasteiger partial charge in [0.25, 0.3) is 0 Å². The lowest BCUT2D eigenvalue weighted by molar-refractivity contribution is -0.137. The summed E-state index contributed by atoms with van der Waals surface area (Å²) in [7, 11) is 1.60. The van der Waals surface area contributed by atoms with Gasteiger partial charge in [-0.05, 0) is 31.0 Å². The number of alkyl halides is 3. The van der Waals surface area contributed by atoms with Crippen molar-refractivity contribution in [2.45, 2.75) is 31.7 Å². The minimum Gasteiger partial charge on any atom is -0.387 e. The highest BCUT2D eigenvalue weighted by Crippen LogP contribution is 2.30. The maximum Gasteiger partial charge on any atom is 0.416 e. The molecule has 3 nitrogen and oxygen atoms in total. The number of rotatable bonds is 7. The number of ether oxygens (including phenoxy) is 1. The van der Waals surface area contributed by atoms with Crippen molar-refractivity contribution in [3.63, 3.8) is 0 Å². The van der Waals surface area contributed by atoms with E-state index in [9.17, 15) is 18.3 Å². The summed E-state index contributed by atoms with van der Waals surface area (Å²) in [6.45, 7) is 2.72. The van der Waals surface area contributed by atoms with Gasteiger partial charge in [-0.3, -0.25) is 0 Å². The first-order valence-corrected chi connectivity index (χ1v) is 6.42. The molecular formula is C14H20F3NO2. The highest BCUT2D eigenvalue weighted by molar-refractivity contribution is 5.27. The normalized spacial score (nSPS) is 15.1. The number of benzene rings is 1. The van der Waals surface area contributed by atoms with E-state index < -0.39 is 17.8 Å². The summed E-state index contributed by atoms with van der Waals surface area (Å²) in [5.41, 5.74) is -0.493. The fourth-order valence-corrected chi connectivity index (χ4v) is 1.75. The molecule has 0 amide bonds. The average molecular weight is 291 g/mol. The van der Waals surface area contributed by atoms with E-state index >= 15 is 0 Å². The fraction of sp³-hybridized carbons (Fsp3) is 0.571. The summed E-state index contributed by atoms with van der Waals surface area (Å²) in [6.07, 6.45) is -4.59. The molecule has 0 saturated heterocycles. The Balaban J connectivity index is 2.57. The van der Waals surface area contributed by atoms with E-state index in [1.165, 1.54) is 12.1 Å². The number of hydrogen-bond donors (Lipinski definition) is 2. The van der Waals surface area contributed by atoms with E-state index in [0.717, 1.165) is 18.6 Å². The zero-order chi connectivity index (χ0) is 15.2. The predicted molar refractivity (Wildman–Crippen MR) is 70.4 cm³/mol. The van der Waals surface area contributed by atoms with Crippen LogP contribution >= 0.6 is 0 Å². The smallest absolute Gasteiger partial charge is 0.387 e. The molecule has 20 heavy (non-hydrogen) atoms. The minimum absolute atomic E-state index is 0.121. The zero-order valence-electron chi connectivity index (χ0n) is 11.6. The van der Waals surface area contributed by atoms with Crippen molar-refractivity contribution in [3.05, 3.63) is 35.4 Å². The van der Waals surface area contributed by atoms with Crippen molar-refractivity contribution < 1.29 is 23.0 Å². The molecule has 2 N–H and O–H groups in total. The molecule has 2 atom stereocenters. The summed E-state index contributed by atoms with van der Waals surface area (Å²) < 4.78 is 42.7. The Kier molecular flexibility index (Phi) is 6.45. The van der Waals surface area contributed by atoms with Gasteiger partial charge in [-0.15, -0.1) is 0 Å². The highest BCUT2D eigenvalue weighted by atomic mass is 19.4. The van der Waals surface area contributed by atoms with E-state index in [2.05, 4.69) is 5.32 Å². The molecule has 0 aromatic heterocycles. The van der Waals surface area contributed by atoms with Gasteiger partial charge in [0, 0.05) is 26.3 Å². The second kappa shape index (κ2) is 7.61. The van der Waals surface area contributed by atoms with Gasteiger partial charge in [0.2, 0.25) is 0 Å². The van der Waals surface area contributed by atoms with Gasteiger partial charge in [0.15, 0.2) is 0 Å². The molecule has 0 aliphatic carbocycles. The Morgan fingerprint density at radius 3 is 2.65 bits per heavy atom. The molecule has 6 heteroatoms. The van der Waals surface area contributed by atoms with Gasteiger partial charge < -0.3 is 15.2 Å². The van der Waals surface area contributed by atoms with Crippen molar-refractivity contribution in [2.75, 3.05) is 20.3 Å². The number of aliphatic hydroxyl groups excluding tert-OH is 1. The van der Waals surface area contributed by atoms with Gasteiger partial charge in [0.1, 0.15) is 0 Å². The van der Waals surface area contributed by atoms with Crippen molar-refractivity contribution in [1.29, 1.82) is 0 Å². The summed E-state index contributed by atoms with van der Waals surface area (Å²) in [5, 5.41) is 13.0. The summed E-state index contributed by atoms with van der Waals surface area (Å²) in [6, 6.07) is 4.88. The van der Waals surface area contributed by atoms with E-state index in [-0.39, 0.29) is 18.2 Å². The Labute approximate surface area is 116 Å². The third-order valence-corrected chi connectivity index (χ3v) is 3.01. The Bertz CT molecular complexity index is 410. The maximum absolute atomic E-state index is 12.6. The standard InChI is InChI=1S/C14H20F3NO2/c1-10(6-7-20-2)18-9-13(19)11-4-3-5-12(8-11)14(15,16)17/h3-5,8,10,13,18-19H,6-7,9H2,1-2H3. The molecule has 2 unspecified atom stereocenters. The van der Waals surface area contributed by atoms with Crippen molar-refractivity contribution in [1.82, 2.24) is 5.32 Å². The zero-order valence-corrected chi connectivity index (χ0v) is 11.6. The molecule has 0 aliphatic rings. The number of halogens is 3. The Hall–Kier alpha value is -1.11. The number of aliphatic hydroxyl groups is 1. The molecule has 1 rings (SSSR count). The van der Waals surface area contributed by atoms with Crippen LogP contribution in [0.2, 0.25) is 0 Å². The minimum atomic E-state index is -4.39. The monoisotopic (exact) mass is 291 g/mol. The van der Waals surface area contributed by atoms with Crippen molar-refractivity contribution in [3.8, 4) is 0 Å². The van der Waals surface area contributed by atoms with Crippen LogP contribution in [0.4, 0.5) is 13.2 Å². The van der Waals surface area contributed by atoms with Crippen LogP contribution in [-0.2, 0) is 10.9 Å². The van der Waals surface area contributed by atoms with E-state index in [0.29, 0.717) is 6.61 Å². The quantitative estimate of drug-likeness (QED) is 0.811. The van der Waals surface area contributed by atoms with E-state index in [4.69, 9.17) is 4.74 Å². The van der Waals surface area contributed by atoms with Gasteiger partial charge in [-0.1, -0.05) is 12.1 Å². The summed E-state index contributed by atoms with van der Waals surface area (Å²) in [4.78, 5) is 0. The molecular weight excluding hydrogens is 271 g/mol. The summed E-state index contributed by atoms with van der Waals surface area (Å²) >= 11 is 0. The van der Waals surface area contributed by atoms with Crippen LogP contribution in [-0.4, -0.2) is 31.4 Å². The Morgan fingerprint density at radius 2 is 2.05 bits per heavy atom. The molecule has 0 aliphatic heterocycles. The fourth-order valence-electron chi connectivity index (χ4n) is 1.75. The van der Waals surface area contributed by atoms with Gasteiger partial charge in [-0.25, -0.2) is 0 Å². The van der Waals surface area contributed by atoms with Gasteiger partial charge in [0.05, 0.1) is 11.7 Å². The number of methoxy groups -OCH3 is 1. The lowest BCUT2D eigenvalue weighted by Gasteiger charge is -2.18. The van der Waals surface area contributed by atoms with Gasteiger partial charge >= 0.3 is 6.18 Å². The van der Waals surface area contributed by atoms with Crippen LogP contribution in [0.15, 0.2) is 24.3 Å². The predicted octanol–water partition coefficient (Wildman–Crippen LogP) is 2.75. The molecule has 0 saturated carbocycles. The lowest BCUT2D eigenvalue weighted by atomic mass is 10.1. The van der Waals surface area contributed by atoms with Crippen LogP contribution in [0.1, 0.15) is 30.6 Å². The second-order valence-electron chi connectivity index (χ2n) is 4.73. The third kappa shape index (κ3) is 5.48. The number of hydrogen-bond acceptors (Lipinski definition) is 3. The van der Waals surface area contributed by atoms with E-state index in [1.54, 1.807) is 7.11 Å². The van der Waals surface area contributed by atoms with Crippen LogP contribution in [0, 0.1) is 0 Å². The summed E-state index contributed by atoms with van der Waals surface area (Å²) in [5.74, 6) is 0. The second-order valence-corrected chi connectivity index (χ2v) is 4.73. The maximum atomic E-state index is 12.6. The first-order valence-electron chi connectivity index (χ1n) is 6.42. The van der Waals surface area contributed by atoms with Crippen LogP contribution < -0.4 is 5.32 Å². The molecule has 0 radical (unpaired) electrons. The molecule has 0 spiro atoms. The highest BCUT2D eigenvalue weighted by Gasteiger charge is 2.30. The first-order chi connectivity index (χ1) is 9.34. The topological polar surface area (TPSA) is 41.5 Å². The van der Waals surface area contributed by atoms with Crippen LogP contribution in [0.25, 0.3) is 0 Å². The average Bonchev–Trinajstić information content (AvgIpc) is 2.41. The van der Waals surface area contributed by atoms with Crippen molar-refractivity contribution in [2.24, 2.45) is 0 Å². The molecule has 114 valence electrons. The van der Waals surface area contributed by atoms with Crippen LogP contribution in [0.5, 0.6) is 0 Å². The largest absolute Gasteiger partial charge is 0.416 e. The third-order valence-electron chi connectivity index (χ3n) is 3.01. The molecule has 1 aromatic carbocycles. The first kappa shape index (κ1) is 16.9. The molecule has 0 fully saturated rings. The Morgan fingerprint density at radius 1 is 1.35 bits per heavy atom. The van der Waals surface area contributed by atoms with Gasteiger partial charge in [-0.2, -0.15) is 13.2 Å². The number of nitrogens with one attached hydrogen (secondary N) is 1. The lowest BCUT2D eigenvalue weighted by Crippen LogP contribution is -2.31. The van der Waals surface area contributed by atoms with Crippen molar-refractivity contribution >= 4 is 0 Å².